The Morgan fingerprint density at radius 3 is 2.37 bits per heavy atom. The number of hydrogen-bond donors (Lipinski definition) is 1. The van der Waals surface area contributed by atoms with Gasteiger partial charge in [-0.15, -0.1) is 0 Å². The first-order valence-corrected chi connectivity index (χ1v) is 14.4. The molecule has 1 aliphatic rings. The topological polar surface area (TPSA) is 113 Å². The van der Waals surface area contributed by atoms with Crippen LogP contribution in [-0.2, 0) is 24.8 Å². The lowest BCUT2D eigenvalue weighted by atomic mass is 9.97. The molecule has 0 radical (unpaired) electrons. The first-order valence-electron chi connectivity index (χ1n) is 11.1. The van der Waals surface area contributed by atoms with Crippen LogP contribution in [0.1, 0.15) is 25.3 Å². The van der Waals surface area contributed by atoms with Crippen molar-refractivity contribution in [1.29, 1.82) is 0 Å². The summed E-state index contributed by atoms with van der Waals surface area (Å²) in [6, 6.07) is 9.06. The molecule has 0 bridgehead atoms. The Morgan fingerprint density at radius 2 is 1.77 bits per heavy atom. The quantitative estimate of drug-likeness (QED) is 0.546. The molecule has 0 aromatic heterocycles. The van der Waals surface area contributed by atoms with Crippen LogP contribution >= 0.6 is 11.6 Å². The molecule has 1 saturated heterocycles. The van der Waals surface area contributed by atoms with E-state index in [1.165, 1.54) is 42.7 Å². The Morgan fingerprint density at radius 1 is 1.11 bits per heavy atom. The molecule has 35 heavy (non-hydrogen) atoms. The van der Waals surface area contributed by atoms with Crippen LogP contribution < -0.4 is 10.1 Å². The maximum absolute atomic E-state index is 13.3. The number of ether oxygens (including phenoxy) is 1. The lowest BCUT2D eigenvalue weighted by Crippen LogP contribution is -2.41. The van der Waals surface area contributed by atoms with E-state index in [4.69, 9.17) is 16.3 Å². The van der Waals surface area contributed by atoms with E-state index in [1.807, 2.05) is 0 Å². The molecule has 12 heteroatoms. The van der Waals surface area contributed by atoms with Gasteiger partial charge in [-0.25, -0.2) is 21.1 Å². The van der Waals surface area contributed by atoms with Gasteiger partial charge < -0.3 is 10.1 Å². The minimum absolute atomic E-state index is 0.00397. The number of carbonyl (C=O) groups excluding carboxylic acids is 1. The first kappa shape index (κ1) is 27.4. The maximum atomic E-state index is 13.3. The van der Waals surface area contributed by atoms with Crippen LogP contribution in [0.4, 0.5) is 5.69 Å². The van der Waals surface area contributed by atoms with Gasteiger partial charge in [-0.3, -0.25) is 4.79 Å². The van der Waals surface area contributed by atoms with Crippen molar-refractivity contribution in [2.45, 2.75) is 36.5 Å². The fraction of sp³-hybridized carbons (Fsp3) is 0.435. The molecule has 1 amide bonds. The SMILES string of the molecule is CCOc1ccc(Cl)cc1S(=O)(=O)N1CCC(C(=O)Nc2cc(S(=O)(=O)N(C)C)ccc2C)CC1. The second-order valence-electron chi connectivity index (χ2n) is 8.46. The Bertz CT molecular complexity index is 1300. The van der Waals surface area contributed by atoms with Gasteiger partial charge in [0.05, 0.1) is 11.5 Å². The van der Waals surface area contributed by atoms with E-state index in [1.54, 1.807) is 26.0 Å². The van der Waals surface area contributed by atoms with Gasteiger partial charge in [-0.2, -0.15) is 4.31 Å². The van der Waals surface area contributed by atoms with Crippen molar-refractivity contribution in [3.8, 4) is 5.75 Å². The van der Waals surface area contributed by atoms with Crippen LogP contribution in [-0.4, -0.2) is 65.1 Å². The Balaban J connectivity index is 1.72. The predicted molar refractivity (Wildman–Crippen MR) is 135 cm³/mol. The second-order valence-corrected chi connectivity index (χ2v) is 13.0. The molecule has 0 atom stereocenters. The Labute approximate surface area is 212 Å². The molecule has 9 nitrogen and oxygen atoms in total. The number of benzene rings is 2. The van der Waals surface area contributed by atoms with Gasteiger partial charge >= 0.3 is 0 Å². The summed E-state index contributed by atoms with van der Waals surface area (Å²) in [6.45, 7) is 4.17. The van der Waals surface area contributed by atoms with Crippen molar-refractivity contribution in [3.63, 3.8) is 0 Å². The van der Waals surface area contributed by atoms with Crippen molar-refractivity contribution in [1.82, 2.24) is 8.61 Å². The normalized spacial score (nSPS) is 15.8. The van der Waals surface area contributed by atoms with Crippen LogP contribution in [0.15, 0.2) is 46.2 Å². The third kappa shape index (κ3) is 5.97. The highest BCUT2D eigenvalue weighted by Crippen LogP contribution is 2.32. The average molecular weight is 544 g/mol. The highest BCUT2D eigenvalue weighted by Gasteiger charge is 2.34. The van der Waals surface area contributed by atoms with Crippen LogP contribution in [0, 0.1) is 12.8 Å². The lowest BCUT2D eigenvalue weighted by molar-refractivity contribution is -0.120. The highest BCUT2D eigenvalue weighted by atomic mass is 35.5. The smallest absolute Gasteiger partial charge is 0.246 e. The number of piperidine rings is 1. The van der Waals surface area contributed by atoms with Crippen molar-refractivity contribution in [2.24, 2.45) is 5.92 Å². The molecule has 1 N–H and O–H groups in total. The average Bonchev–Trinajstić information content (AvgIpc) is 2.81. The van der Waals surface area contributed by atoms with Gasteiger partial charge in [0.2, 0.25) is 26.0 Å². The third-order valence-electron chi connectivity index (χ3n) is 5.89. The highest BCUT2D eigenvalue weighted by molar-refractivity contribution is 7.89. The van der Waals surface area contributed by atoms with Crippen molar-refractivity contribution >= 4 is 43.2 Å². The summed E-state index contributed by atoms with van der Waals surface area (Å²) >= 11 is 6.04. The van der Waals surface area contributed by atoms with E-state index in [-0.39, 0.29) is 39.6 Å². The van der Waals surface area contributed by atoms with Crippen molar-refractivity contribution in [2.75, 3.05) is 39.1 Å². The van der Waals surface area contributed by atoms with Crippen LogP contribution in [0.25, 0.3) is 0 Å². The molecule has 1 fully saturated rings. The molecule has 192 valence electrons. The molecular formula is C23H30ClN3O6S2. The molecule has 0 aliphatic carbocycles. The Hall–Kier alpha value is -2.18. The molecule has 0 spiro atoms. The van der Waals surface area contributed by atoms with Gasteiger partial charge in [0.15, 0.2) is 0 Å². The number of hydrogen-bond acceptors (Lipinski definition) is 6. The number of rotatable bonds is 8. The number of sulfonamides is 2. The monoisotopic (exact) mass is 543 g/mol. The van der Waals surface area contributed by atoms with E-state index in [2.05, 4.69) is 5.32 Å². The summed E-state index contributed by atoms with van der Waals surface area (Å²) < 4.78 is 59.3. The summed E-state index contributed by atoms with van der Waals surface area (Å²) in [6.07, 6.45) is 0.647. The lowest BCUT2D eigenvalue weighted by Gasteiger charge is -2.31. The zero-order chi connectivity index (χ0) is 26.0. The van der Waals surface area contributed by atoms with E-state index in [0.29, 0.717) is 25.1 Å². The van der Waals surface area contributed by atoms with Crippen LogP contribution in [0.2, 0.25) is 5.02 Å². The fourth-order valence-electron chi connectivity index (χ4n) is 3.80. The summed E-state index contributed by atoms with van der Waals surface area (Å²) in [4.78, 5) is 13.0. The number of nitrogens with zero attached hydrogens (tertiary/aromatic N) is 2. The molecule has 0 unspecified atom stereocenters. The molecule has 2 aromatic rings. The zero-order valence-corrected chi connectivity index (χ0v) is 22.5. The molecule has 1 aliphatic heterocycles. The standard InChI is InChI=1S/C23H30ClN3O6S2/c1-5-33-21-9-7-18(24)14-22(21)35(31,32)27-12-10-17(11-13-27)23(28)25-20-15-19(8-6-16(20)2)34(29,30)26(3)4/h6-9,14-15,17H,5,10-13H2,1-4H3,(H,25,28). The Kier molecular flexibility index (Phi) is 8.48. The molecule has 3 rings (SSSR count). The summed E-state index contributed by atoms with van der Waals surface area (Å²) in [5, 5.41) is 3.11. The summed E-state index contributed by atoms with van der Waals surface area (Å²) in [5.41, 5.74) is 1.13. The van der Waals surface area contributed by atoms with E-state index in [0.717, 1.165) is 9.87 Å². The van der Waals surface area contributed by atoms with Crippen molar-refractivity contribution < 1.29 is 26.4 Å². The number of nitrogens with one attached hydrogen (secondary N) is 1. The van der Waals surface area contributed by atoms with Gasteiger partial charge in [0.1, 0.15) is 10.6 Å². The summed E-state index contributed by atoms with van der Waals surface area (Å²) in [7, 11) is -4.63. The zero-order valence-electron chi connectivity index (χ0n) is 20.1. The molecule has 1 heterocycles. The van der Waals surface area contributed by atoms with Gasteiger partial charge in [0, 0.05) is 43.8 Å². The van der Waals surface area contributed by atoms with Gasteiger partial charge in [-0.1, -0.05) is 17.7 Å². The number of aryl methyl sites for hydroxylation is 1. The number of anilines is 1. The molecule has 2 aromatic carbocycles. The minimum Gasteiger partial charge on any atom is -0.492 e. The maximum Gasteiger partial charge on any atom is 0.246 e. The van der Waals surface area contributed by atoms with Gasteiger partial charge in [0.25, 0.3) is 0 Å². The molecular weight excluding hydrogens is 514 g/mol. The minimum atomic E-state index is -3.86. The third-order valence-corrected chi connectivity index (χ3v) is 9.86. The molecule has 0 saturated carbocycles. The van der Waals surface area contributed by atoms with E-state index < -0.39 is 26.0 Å². The second kappa shape index (κ2) is 10.8. The number of carbonyl (C=O) groups is 1. The number of amides is 1. The largest absolute Gasteiger partial charge is 0.492 e. The summed E-state index contributed by atoms with van der Waals surface area (Å²) in [5.74, 6) is -0.456. The first-order chi connectivity index (χ1) is 16.4. The van der Waals surface area contributed by atoms with Crippen LogP contribution in [0.3, 0.4) is 0 Å². The van der Waals surface area contributed by atoms with E-state index in [9.17, 15) is 21.6 Å². The van der Waals surface area contributed by atoms with Crippen LogP contribution in [0.5, 0.6) is 5.75 Å². The number of halogens is 1. The van der Waals surface area contributed by atoms with Crippen molar-refractivity contribution in [3.05, 3.63) is 47.0 Å². The van der Waals surface area contributed by atoms with E-state index >= 15 is 0 Å². The predicted octanol–water partition coefficient (Wildman–Crippen LogP) is 3.34. The van der Waals surface area contributed by atoms with Gasteiger partial charge in [-0.05, 0) is 62.6 Å². The fourth-order valence-corrected chi connectivity index (χ4v) is 6.59.